The zero-order valence-electron chi connectivity index (χ0n) is 16.6. The van der Waals surface area contributed by atoms with Gasteiger partial charge in [-0.15, -0.1) is 0 Å². The van der Waals surface area contributed by atoms with Crippen LogP contribution in [0.1, 0.15) is 27.0 Å². The number of ether oxygens (including phenoxy) is 2. The standard InChI is InChI=1S/C25H19ClFNO3/c26-21-7-2-1-5-17(21)10-11-28-14-20-22(30-15-28)9-8-19-24(29)23(31-25(19)20)13-16-4-3-6-18(27)12-16/h1-9,12-13H,10-11,14-15H2/b23-13-. The number of Topliss-reactive ketones (excluding diaryl/α,β-unsaturated/α-hetero) is 1. The van der Waals surface area contributed by atoms with Crippen molar-refractivity contribution < 1.29 is 18.7 Å². The molecule has 0 N–H and O–H groups in total. The van der Waals surface area contributed by atoms with Crippen LogP contribution in [0.25, 0.3) is 6.08 Å². The van der Waals surface area contributed by atoms with E-state index < -0.39 is 0 Å². The van der Waals surface area contributed by atoms with Crippen molar-refractivity contribution in [2.45, 2.75) is 13.0 Å². The molecule has 0 amide bonds. The van der Waals surface area contributed by atoms with E-state index in [2.05, 4.69) is 4.90 Å². The van der Waals surface area contributed by atoms with Crippen molar-refractivity contribution in [3.8, 4) is 11.5 Å². The van der Waals surface area contributed by atoms with Crippen molar-refractivity contribution in [2.75, 3.05) is 13.3 Å². The normalized spacial score (nSPS) is 16.6. The van der Waals surface area contributed by atoms with E-state index in [4.69, 9.17) is 21.1 Å². The molecule has 6 heteroatoms. The Morgan fingerprint density at radius 1 is 1.10 bits per heavy atom. The number of carbonyl (C=O) groups is 1. The number of hydrogen-bond donors (Lipinski definition) is 0. The largest absolute Gasteiger partial charge is 0.478 e. The number of allylic oxidation sites excluding steroid dienone is 1. The van der Waals surface area contributed by atoms with Crippen molar-refractivity contribution >= 4 is 23.5 Å². The molecule has 0 atom stereocenters. The maximum Gasteiger partial charge on any atom is 0.231 e. The van der Waals surface area contributed by atoms with Crippen LogP contribution in [-0.2, 0) is 13.0 Å². The van der Waals surface area contributed by atoms with Gasteiger partial charge in [-0.3, -0.25) is 9.69 Å². The predicted octanol–water partition coefficient (Wildman–Crippen LogP) is 5.49. The topological polar surface area (TPSA) is 38.8 Å². The molecule has 0 saturated heterocycles. The van der Waals surface area contributed by atoms with Gasteiger partial charge in [0.15, 0.2) is 5.76 Å². The second kappa shape index (κ2) is 8.17. The lowest BCUT2D eigenvalue weighted by Crippen LogP contribution is -2.33. The van der Waals surface area contributed by atoms with Gasteiger partial charge in [-0.25, -0.2) is 4.39 Å². The highest BCUT2D eigenvalue weighted by Crippen LogP contribution is 2.42. The van der Waals surface area contributed by atoms with Crippen LogP contribution in [0.4, 0.5) is 4.39 Å². The zero-order chi connectivity index (χ0) is 21.4. The number of hydrogen-bond acceptors (Lipinski definition) is 4. The van der Waals surface area contributed by atoms with Crippen LogP contribution in [-0.4, -0.2) is 24.0 Å². The minimum atomic E-state index is -0.364. The Hall–Kier alpha value is -3.15. The predicted molar refractivity (Wildman–Crippen MR) is 117 cm³/mol. The van der Waals surface area contributed by atoms with Gasteiger partial charge in [-0.2, -0.15) is 0 Å². The Morgan fingerprint density at radius 3 is 2.81 bits per heavy atom. The maximum absolute atomic E-state index is 13.5. The lowest BCUT2D eigenvalue weighted by molar-refractivity contribution is 0.0950. The first-order chi connectivity index (χ1) is 15.1. The molecule has 0 spiro atoms. The summed E-state index contributed by atoms with van der Waals surface area (Å²) in [6.07, 6.45) is 2.36. The molecule has 0 bridgehead atoms. The Balaban J connectivity index is 1.37. The summed E-state index contributed by atoms with van der Waals surface area (Å²) >= 11 is 6.27. The Kier molecular flexibility index (Phi) is 5.22. The molecular weight excluding hydrogens is 417 g/mol. The first-order valence-corrected chi connectivity index (χ1v) is 10.4. The van der Waals surface area contributed by atoms with E-state index in [1.54, 1.807) is 24.3 Å². The van der Waals surface area contributed by atoms with E-state index in [0.29, 0.717) is 35.9 Å². The third-order valence-corrected chi connectivity index (χ3v) is 5.85. The Morgan fingerprint density at radius 2 is 1.97 bits per heavy atom. The third-order valence-electron chi connectivity index (χ3n) is 5.48. The van der Waals surface area contributed by atoms with Crippen molar-refractivity contribution in [3.05, 3.63) is 99.5 Å². The summed E-state index contributed by atoms with van der Waals surface area (Å²) in [5.74, 6) is 0.842. The van der Waals surface area contributed by atoms with Crippen LogP contribution in [0.3, 0.4) is 0 Å². The monoisotopic (exact) mass is 435 g/mol. The second-order valence-electron chi connectivity index (χ2n) is 7.58. The van der Waals surface area contributed by atoms with E-state index in [9.17, 15) is 9.18 Å². The minimum Gasteiger partial charge on any atom is -0.478 e. The number of nitrogens with zero attached hydrogens (tertiary/aromatic N) is 1. The van der Waals surface area contributed by atoms with Gasteiger partial charge in [-0.1, -0.05) is 41.9 Å². The molecule has 0 aliphatic carbocycles. The number of benzene rings is 3. The summed E-state index contributed by atoms with van der Waals surface area (Å²) < 4.78 is 25.4. The highest BCUT2D eigenvalue weighted by molar-refractivity contribution is 6.31. The Labute approximate surface area is 184 Å². The van der Waals surface area contributed by atoms with Crippen molar-refractivity contribution in [1.29, 1.82) is 0 Å². The summed E-state index contributed by atoms with van der Waals surface area (Å²) in [5, 5.41) is 0.753. The number of fused-ring (bicyclic) bond motifs is 3. The Bertz CT molecular complexity index is 1210. The third kappa shape index (κ3) is 3.94. The second-order valence-corrected chi connectivity index (χ2v) is 7.99. The minimum absolute atomic E-state index is 0.183. The number of ketones is 1. The molecule has 3 aromatic carbocycles. The van der Waals surface area contributed by atoms with Gasteiger partial charge in [0.25, 0.3) is 0 Å². The molecule has 3 aromatic rings. The van der Waals surface area contributed by atoms with Crippen LogP contribution in [0.2, 0.25) is 5.02 Å². The molecule has 2 aliphatic heterocycles. The molecular formula is C25H19ClFNO3. The van der Waals surface area contributed by atoms with Gasteiger partial charge in [0.2, 0.25) is 5.78 Å². The fraction of sp³-hybridized carbons (Fsp3) is 0.160. The van der Waals surface area contributed by atoms with E-state index >= 15 is 0 Å². The fourth-order valence-corrected chi connectivity index (χ4v) is 4.11. The molecule has 0 fully saturated rings. The van der Waals surface area contributed by atoms with Crippen LogP contribution in [0, 0.1) is 5.82 Å². The van der Waals surface area contributed by atoms with E-state index in [-0.39, 0.29) is 17.4 Å². The summed E-state index contributed by atoms with van der Waals surface area (Å²) in [4.78, 5) is 15.0. The van der Waals surface area contributed by atoms with Crippen LogP contribution < -0.4 is 9.47 Å². The van der Waals surface area contributed by atoms with E-state index in [0.717, 1.165) is 29.1 Å². The van der Waals surface area contributed by atoms with Gasteiger partial charge in [0.1, 0.15) is 24.0 Å². The fourth-order valence-electron chi connectivity index (χ4n) is 3.88. The first-order valence-electron chi connectivity index (χ1n) is 10.0. The highest BCUT2D eigenvalue weighted by atomic mass is 35.5. The summed E-state index contributed by atoms with van der Waals surface area (Å²) in [6.45, 7) is 1.81. The molecule has 0 saturated carbocycles. The highest BCUT2D eigenvalue weighted by Gasteiger charge is 2.33. The zero-order valence-corrected chi connectivity index (χ0v) is 17.4. The van der Waals surface area contributed by atoms with Gasteiger partial charge in [0.05, 0.1) is 11.1 Å². The molecule has 156 valence electrons. The molecule has 31 heavy (non-hydrogen) atoms. The first kappa shape index (κ1) is 19.8. The average Bonchev–Trinajstić information content (AvgIpc) is 3.09. The maximum atomic E-state index is 13.5. The number of halogens is 2. The van der Waals surface area contributed by atoms with Crippen LogP contribution in [0.15, 0.2) is 66.4 Å². The molecule has 0 radical (unpaired) electrons. The summed E-state index contributed by atoms with van der Waals surface area (Å²) in [5.41, 5.74) is 3.00. The smallest absolute Gasteiger partial charge is 0.231 e. The van der Waals surface area contributed by atoms with Gasteiger partial charge in [0, 0.05) is 18.1 Å². The van der Waals surface area contributed by atoms with E-state index in [1.807, 2.05) is 30.3 Å². The van der Waals surface area contributed by atoms with E-state index in [1.165, 1.54) is 12.1 Å². The van der Waals surface area contributed by atoms with Crippen LogP contribution >= 0.6 is 11.6 Å². The van der Waals surface area contributed by atoms with Crippen molar-refractivity contribution in [1.82, 2.24) is 4.90 Å². The molecule has 0 aromatic heterocycles. The van der Waals surface area contributed by atoms with Gasteiger partial charge in [-0.05, 0) is 54.0 Å². The number of rotatable bonds is 4. The molecule has 4 nitrogen and oxygen atoms in total. The average molecular weight is 436 g/mol. The lowest BCUT2D eigenvalue weighted by Gasteiger charge is -2.29. The van der Waals surface area contributed by atoms with Gasteiger partial charge < -0.3 is 9.47 Å². The van der Waals surface area contributed by atoms with Crippen molar-refractivity contribution in [3.63, 3.8) is 0 Å². The number of carbonyl (C=O) groups excluding carboxylic acids is 1. The summed E-state index contributed by atoms with van der Waals surface area (Å²) in [6, 6.07) is 17.4. The molecule has 5 rings (SSSR count). The molecule has 2 heterocycles. The summed E-state index contributed by atoms with van der Waals surface area (Å²) in [7, 11) is 0. The van der Waals surface area contributed by atoms with Gasteiger partial charge >= 0.3 is 0 Å². The van der Waals surface area contributed by atoms with Crippen molar-refractivity contribution in [2.24, 2.45) is 0 Å². The van der Waals surface area contributed by atoms with Crippen LogP contribution in [0.5, 0.6) is 11.5 Å². The molecule has 0 unspecified atom stereocenters. The quantitative estimate of drug-likeness (QED) is 0.508. The lowest BCUT2D eigenvalue weighted by atomic mass is 10.0. The SMILES string of the molecule is O=C1/C(=C/c2cccc(F)c2)Oc2c1ccc1c2CN(CCc2ccccc2Cl)CO1. The molecule has 2 aliphatic rings.